The molecule has 170 valence electrons. The molecular formula is C25H26FN5O2. The van der Waals surface area contributed by atoms with Gasteiger partial charge < -0.3 is 10.6 Å². The van der Waals surface area contributed by atoms with Crippen LogP contribution in [0.3, 0.4) is 0 Å². The maximum Gasteiger partial charge on any atom is 0.259 e. The number of benzene rings is 2. The molecule has 0 radical (unpaired) electrons. The number of hydrogen-bond donors (Lipinski definition) is 2. The van der Waals surface area contributed by atoms with Crippen LogP contribution in [-0.4, -0.2) is 39.8 Å². The van der Waals surface area contributed by atoms with Gasteiger partial charge in [-0.2, -0.15) is 0 Å². The van der Waals surface area contributed by atoms with Crippen LogP contribution in [0, 0.1) is 12.7 Å². The minimum absolute atomic E-state index is 0.109. The number of likely N-dealkylation sites (tertiary alicyclic amines) is 1. The molecule has 4 rings (SSSR count). The lowest BCUT2D eigenvalue weighted by molar-refractivity contribution is -0.118. The summed E-state index contributed by atoms with van der Waals surface area (Å²) in [6.45, 7) is 2.72. The van der Waals surface area contributed by atoms with Gasteiger partial charge in [-0.05, 0) is 62.7 Å². The van der Waals surface area contributed by atoms with Crippen molar-refractivity contribution in [2.75, 3.05) is 23.7 Å². The molecule has 0 bridgehead atoms. The average Bonchev–Trinajstić information content (AvgIpc) is 2.81. The highest BCUT2D eigenvalue weighted by Crippen LogP contribution is 2.29. The molecule has 2 aromatic carbocycles. The number of para-hydroxylation sites is 1. The molecule has 1 saturated heterocycles. The molecule has 7 nitrogen and oxygen atoms in total. The largest absolute Gasteiger partial charge is 0.325 e. The van der Waals surface area contributed by atoms with Crippen LogP contribution >= 0.6 is 0 Å². The van der Waals surface area contributed by atoms with Crippen molar-refractivity contribution in [1.29, 1.82) is 0 Å². The molecule has 0 saturated carbocycles. The molecule has 33 heavy (non-hydrogen) atoms. The summed E-state index contributed by atoms with van der Waals surface area (Å²) in [5.74, 6) is -0.177. The highest BCUT2D eigenvalue weighted by Gasteiger charge is 2.28. The Hall–Kier alpha value is -3.65. The van der Waals surface area contributed by atoms with Crippen LogP contribution in [0.5, 0.6) is 0 Å². The van der Waals surface area contributed by atoms with Crippen molar-refractivity contribution in [3.8, 4) is 0 Å². The number of amides is 2. The predicted molar refractivity (Wildman–Crippen MR) is 124 cm³/mol. The fraction of sp³-hybridized carbons (Fsp3) is 0.280. The summed E-state index contributed by atoms with van der Waals surface area (Å²) in [5, 5.41) is 5.66. The van der Waals surface area contributed by atoms with Crippen molar-refractivity contribution in [3.63, 3.8) is 0 Å². The number of nitrogens with one attached hydrogen (secondary N) is 2. The van der Waals surface area contributed by atoms with Gasteiger partial charge in [-0.1, -0.05) is 24.6 Å². The van der Waals surface area contributed by atoms with Crippen molar-refractivity contribution in [2.24, 2.45) is 0 Å². The molecule has 1 aliphatic rings. The zero-order chi connectivity index (χ0) is 23.2. The number of carbonyl (C=O) groups is 2. The molecular weight excluding hydrogens is 421 g/mol. The zero-order valence-corrected chi connectivity index (χ0v) is 18.4. The Morgan fingerprint density at radius 1 is 1.03 bits per heavy atom. The molecule has 1 atom stereocenters. The fourth-order valence-electron chi connectivity index (χ4n) is 3.98. The van der Waals surface area contributed by atoms with E-state index in [1.807, 2.05) is 30.3 Å². The van der Waals surface area contributed by atoms with Crippen molar-refractivity contribution < 1.29 is 14.0 Å². The third-order valence-corrected chi connectivity index (χ3v) is 5.66. The summed E-state index contributed by atoms with van der Waals surface area (Å²) in [6, 6.07) is 14.8. The monoisotopic (exact) mass is 447 g/mol. The maximum atomic E-state index is 13.1. The second-order valence-electron chi connectivity index (χ2n) is 8.08. The number of aryl methyl sites for hydroxylation is 1. The van der Waals surface area contributed by atoms with Crippen LogP contribution in [0.1, 0.15) is 47.2 Å². The normalized spacial score (nSPS) is 16.2. The molecule has 2 N–H and O–H groups in total. The van der Waals surface area contributed by atoms with Gasteiger partial charge in [-0.3, -0.25) is 14.5 Å². The van der Waals surface area contributed by atoms with Gasteiger partial charge in [-0.15, -0.1) is 0 Å². The first-order chi connectivity index (χ1) is 16.0. The standard InChI is InChI=1S/C25H26FN5O2/c1-17-21(25(33)30-19-7-3-2-4-8-19)15-27-24(28-17)22-9-5-6-14-31(22)16-23(32)29-20-12-10-18(26)11-13-20/h2-4,7-8,10-13,15,22H,5-6,9,14,16H2,1H3,(H,29,32)(H,30,33)/t22-/m0/s1. The van der Waals surface area contributed by atoms with Crippen molar-refractivity contribution in [1.82, 2.24) is 14.9 Å². The lowest BCUT2D eigenvalue weighted by Gasteiger charge is -2.34. The second kappa shape index (κ2) is 10.3. The quantitative estimate of drug-likeness (QED) is 0.587. The van der Waals surface area contributed by atoms with Gasteiger partial charge in [-0.25, -0.2) is 14.4 Å². The molecule has 0 unspecified atom stereocenters. The lowest BCUT2D eigenvalue weighted by Crippen LogP contribution is -2.40. The SMILES string of the molecule is Cc1nc([C@@H]2CCCCN2CC(=O)Nc2ccc(F)cc2)ncc1C(=O)Nc1ccccc1. The molecule has 2 heterocycles. The van der Waals surface area contributed by atoms with E-state index in [1.165, 1.54) is 24.3 Å². The zero-order valence-electron chi connectivity index (χ0n) is 18.4. The number of piperidine rings is 1. The van der Waals surface area contributed by atoms with E-state index in [-0.39, 0.29) is 30.2 Å². The molecule has 3 aromatic rings. The molecule has 0 spiro atoms. The molecule has 1 fully saturated rings. The van der Waals surface area contributed by atoms with E-state index in [9.17, 15) is 14.0 Å². The number of halogens is 1. The third-order valence-electron chi connectivity index (χ3n) is 5.66. The summed E-state index contributed by atoms with van der Waals surface area (Å²) in [7, 11) is 0. The van der Waals surface area contributed by atoms with Gasteiger partial charge in [0.1, 0.15) is 11.6 Å². The Labute approximate surface area is 192 Å². The molecule has 0 aliphatic carbocycles. The predicted octanol–water partition coefficient (Wildman–Crippen LogP) is 4.34. The summed E-state index contributed by atoms with van der Waals surface area (Å²) in [6.07, 6.45) is 4.39. The lowest BCUT2D eigenvalue weighted by atomic mass is 10.0. The number of nitrogens with zero attached hydrogens (tertiary/aromatic N) is 3. The van der Waals surface area contributed by atoms with Crippen LogP contribution in [0.4, 0.5) is 15.8 Å². The van der Waals surface area contributed by atoms with E-state index >= 15 is 0 Å². The topological polar surface area (TPSA) is 87.2 Å². The first kappa shape index (κ1) is 22.5. The van der Waals surface area contributed by atoms with Crippen LogP contribution in [-0.2, 0) is 4.79 Å². The van der Waals surface area contributed by atoms with Crippen LogP contribution < -0.4 is 10.6 Å². The fourth-order valence-corrected chi connectivity index (χ4v) is 3.98. The summed E-state index contributed by atoms with van der Waals surface area (Å²) in [4.78, 5) is 36.4. The van der Waals surface area contributed by atoms with E-state index in [0.29, 0.717) is 28.5 Å². The first-order valence-electron chi connectivity index (χ1n) is 11.0. The number of aromatic nitrogens is 2. The maximum absolute atomic E-state index is 13.1. The minimum Gasteiger partial charge on any atom is -0.325 e. The number of hydrogen-bond acceptors (Lipinski definition) is 5. The number of carbonyl (C=O) groups excluding carboxylic acids is 2. The Morgan fingerprint density at radius 2 is 1.76 bits per heavy atom. The van der Waals surface area contributed by atoms with Crippen molar-refractivity contribution in [2.45, 2.75) is 32.2 Å². The van der Waals surface area contributed by atoms with Crippen LogP contribution in [0.25, 0.3) is 0 Å². The third kappa shape index (κ3) is 5.78. The van der Waals surface area contributed by atoms with Crippen LogP contribution in [0.2, 0.25) is 0 Å². The van der Waals surface area contributed by atoms with E-state index in [0.717, 1.165) is 25.8 Å². The van der Waals surface area contributed by atoms with E-state index in [4.69, 9.17) is 0 Å². The van der Waals surface area contributed by atoms with Gasteiger partial charge in [0.2, 0.25) is 5.91 Å². The molecule has 1 aromatic heterocycles. The Balaban J connectivity index is 1.44. The second-order valence-corrected chi connectivity index (χ2v) is 8.08. The molecule has 2 amide bonds. The smallest absolute Gasteiger partial charge is 0.259 e. The Bertz CT molecular complexity index is 1120. The van der Waals surface area contributed by atoms with E-state index in [1.54, 1.807) is 13.1 Å². The van der Waals surface area contributed by atoms with Crippen molar-refractivity contribution in [3.05, 3.63) is 83.7 Å². The average molecular weight is 448 g/mol. The van der Waals surface area contributed by atoms with Gasteiger partial charge in [0.25, 0.3) is 5.91 Å². The highest BCUT2D eigenvalue weighted by molar-refractivity contribution is 6.04. The Morgan fingerprint density at radius 3 is 2.48 bits per heavy atom. The van der Waals surface area contributed by atoms with E-state index < -0.39 is 0 Å². The summed E-state index contributed by atoms with van der Waals surface area (Å²) < 4.78 is 13.1. The molecule has 1 aliphatic heterocycles. The number of rotatable bonds is 6. The molecule has 8 heteroatoms. The van der Waals surface area contributed by atoms with Crippen molar-refractivity contribution >= 4 is 23.2 Å². The summed E-state index contributed by atoms with van der Waals surface area (Å²) in [5.41, 5.74) is 2.26. The first-order valence-corrected chi connectivity index (χ1v) is 11.0. The number of anilines is 2. The summed E-state index contributed by atoms with van der Waals surface area (Å²) >= 11 is 0. The van der Waals surface area contributed by atoms with E-state index in [2.05, 4.69) is 25.5 Å². The van der Waals surface area contributed by atoms with Gasteiger partial charge in [0, 0.05) is 17.6 Å². The van der Waals surface area contributed by atoms with Gasteiger partial charge in [0.15, 0.2) is 0 Å². The van der Waals surface area contributed by atoms with Gasteiger partial charge >= 0.3 is 0 Å². The highest BCUT2D eigenvalue weighted by atomic mass is 19.1. The van der Waals surface area contributed by atoms with Gasteiger partial charge in [0.05, 0.1) is 23.8 Å². The Kier molecular flexibility index (Phi) is 7.04. The van der Waals surface area contributed by atoms with Crippen LogP contribution in [0.15, 0.2) is 60.8 Å². The minimum atomic E-state index is -0.350.